The van der Waals surface area contributed by atoms with Crippen LogP contribution in [-0.2, 0) is 19.1 Å². The van der Waals surface area contributed by atoms with Gasteiger partial charge >= 0.3 is 11.9 Å². The number of carbonyl (C=O) groups is 2. The fourth-order valence-corrected chi connectivity index (χ4v) is 1.74. The lowest BCUT2D eigenvalue weighted by atomic mass is 9.86. The third-order valence-electron chi connectivity index (χ3n) is 2.48. The third kappa shape index (κ3) is 7.21. The smallest absolute Gasteiger partial charge is 0.345 e. The minimum absolute atomic E-state index is 0.0386. The molecule has 0 rings (SSSR count). The quantitative estimate of drug-likeness (QED) is 0.227. The molecule has 0 heterocycles. The van der Waals surface area contributed by atoms with Crippen LogP contribution in [0.4, 0.5) is 0 Å². The zero-order chi connectivity index (χ0) is 14.9. The molecule has 0 aromatic carbocycles. The summed E-state index contributed by atoms with van der Waals surface area (Å²) in [6.07, 6.45) is 3.21. The Labute approximate surface area is 120 Å². The van der Waals surface area contributed by atoms with Gasteiger partial charge in [0.1, 0.15) is 5.57 Å². The molecule has 0 spiro atoms. The van der Waals surface area contributed by atoms with Gasteiger partial charge in [-0.2, -0.15) is 0 Å². The van der Waals surface area contributed by atoms with E-state index in [9.17, 15) is 9.59 Å². The summed E-state index contributed by atoms with van der Waals surface area (Å²) < 4.78 is 9.78. The van der Waals surface area contributed by atoms with E-state index in [0.717, 1.165) is 12.8 Å². The van der Waals surface area contributed by atoms with Crippen LogP contribution in [0, 0.1) is 5.41 Å². The molecule has 0 aliphatic heterocycles. The number of ether oxygens (including phenoxy) is 2. The molecular weight excluding hydrogens is 268 g/mol. The lowest BCUT2D eigenvalue weighted by Crippen LogP contribution is -2.21. The van der Waals surface area contributed by atoms with Crippen molar-refractivity contribution in [2.75, 3.05) is 19.1 Å². The lowest BCUT2D eigenvalue weighted by Gasteiger charge is -2.21. The van der Waals surface area contributed by atoms with Gasteiger partial charge in [0.15, 0.2) is 0 Å². The first-order valence-electron chi connectivity index (χ1n) is 6.51. The van der Waals surface area contributed by atoms with Crippen molar-refractivity contribution in [2.45, 2.75) is 40.5 Å². The third-order valence-corrected chi connectivity index (χ3v) is 2.75. The van der Waals surface area contributed by atoms with Crippen LogP contribution >= 0.6 is 11.6 Å². The minimum atomic E-state index is -0.639. The van der Waals surface area contributed by atoms with Gasteiger partial charge in [-0.3, -0.25) is 0 Å². The van der Waals surface area contributed by atoms with E-state index in [0.29, 0.717) is 5.88 Å². The maximum atomic E-state index is 11.8. The number of rotatable bonds is 8. The number of esters is 2. The zero-order valence-corrected chi connectivity index (χ0v) is 12.9. The number of hydrogen-bond donors (Lipinski definition) is 0. The summed E-state index contributed by atoms with van der Waals surface area (Å²) in [6, 6.07) is 0. The number of carbonyl (C=O) groups excluding carboxylic acids is 2. The van der Waals surface area contributed by atoms with Gasteiger partial charge in [0.2, 0.25) is 0 Å². The van der Waals surface area contributed by atoms with Crippen molar-refractivity contribution in [3.05, 3.63) is 11.6 Å². The highest BCUT2D eigenvalue weighted by molar-refractivity contribution is 6.17. The molecule has 0 saturated heterocycles. The average molecular weight is 291 g/mol. The van der Waals surface area contributed by atoms with Gasteiger partial charge in [0.05, 0.1) is 13.2 Å². The van der Waals surface area contributed by atoms with Crippen LogP contribution in [0.2, 0.25) is 0 Å². The van der Waals surface area contributed by atoms with E-state index >= 15 is 0 Å². The monoisotopic (exact) mass is 290 g/mol. The summed E-state index contributed by atoms with van der Waals surface area (Å²) in [5.41, 5.74) is -0.354. The first-order chi connectivity index (χ1) is 8.87. The van der Waals surface area contributed by atoms with Crippen LogP contribution in [-0.4, -0.2) is 31.0 Å². The Morgan fingerprint density at radius 3 is 1.95 bits per heavy atom. The van der Waals surface area contributed by atoms with Gasteiger partial charge in [0.25, 0.3) is 0 Å². The van der Waals surface area contributed by atoms with E-state index < -0.39 is 11.9 Å². The minimum Gasteiger partial charge on any atom is -0.462 e. The molecule has 0 aliphatic carbocycles. The Kier molecular flexibility index (Phi) is 8.48. The molecule has 0 aliphatic rings. The summed E-state index contributed by atoms with van der Waals surface area (Å²) in [6.45, 7) is 7.71. The summed E-state index contributed by atoms with van der Waals surface area (Å²) in [5, 5.41) is 0. The number of allylic oxidation sites excluding steroid dienone is 1. The van der Waals surface area contributed by atoms with E-state index in [-0.39, 0.29) is 24.2 Å². The van der Waals surface area contributed by atoms with Gasteiger partial charge < -0.3 is 9.47 Å². The molecular formula is C14H23ClO4. The molecule has 0 fully saturated rings. The second-order valence-corrected chi connectivity index (χ2v) is 5.16. The maximum Gasteiger partial charge on any atom is 0.345 e. The first kappa shape index (κ1) is 18.0. The van der Waals surface area contributed by atoms with Crippen molar-refractivity contribution in [2.24, 2.45) is 5.41 Å². The summed E-state index contributed by atoms with van der Waals surface area (Å²) in [7, 11) is 0. The predicted octanol–water partition coefficient (Wildman–Crippen LogP) is 3.08. The molecule has 0 unspecified atom stereocenters. The Hall–Kier alpha value is -1.03. The van der Waals surface area contributed by atoms with Gasteiger partial charge in [-0.05, 0) is 32.1 Å². The molecule has 0 N–H and O–H groups in total. The van der Waals surface area contributed by atoms with Crippen LogP contribution < -0.4 is 0 Å². The van der Waals surface area contributed by atoms with Crippen molar-refractivity contribution in [3.8, 4) is 0 Å². The Balaban J connectivity index is 5.10. The molecule has 0 aromatic rings. The molecule has 0 saturated carbocycles. The Morgan fingerprint density at radius 2 is 1.58 bits per heavy atom. The van der Waals surface area contributed by atoms with Crippen molar-refractivity contribution in [3.63, 3.8) is 0 Å². The average Bonchev–Trinajstić information content (AvgIpc) is 2.34. The van der Waals surface area contributed by atoms with Crippen LogP contribution in [0.25, 0.3) is 0 Å². The molecule has 0 radical (unpaired) electrons. The molecule has 0 bridgehead atoms. The Bertz CT molecular complexity index is 314. The van der Waals surface area contributed by atoms with Crippen LogP contribution in [0.5, 0.6) is 0 Å². The Morgan fingerprint density at radius 1 is 1.11 bits per heavy atom. The summed E-state index contributed by atoms with van der Waals surface area (Å²) in [5.74, 6) is -0.731. The van der Waals surface area contributed by atoms with Crippen LogP contribution in [0.1, 0.15) is 40.5 Å². The fourth-order valence-electron chi connectivity index (χ4n) is 1.60. The lowest BCUT2D eigenvalue weighted by molar-refractivity contribution is -0.146. The SMILES string of the molecule is CCOC(=O)C(=CC(C)(C)CCCCl)C(=O)OCC. The molecule has 4 nitrogen and oxygen atoms in total. The molecule has 5 heteroatoms. The second-order valence-electron chi connectivity index (χ2n) is 4.78. The molecule has 0 atom stereocenters. The predicted molar refractivity (Wildman–Crippen MR) is 75.1 cm³/mol. The van der Waals surface area contributed by atoms with E-state index in [1.807, 2.05) is 13.8 Å². The zero-order valence-electron chi connectivity index (χ0n) is 12.1. The van der Waals surface area contributed by atoms with Crippen LogP contribution in [0.15, 0.2) is 11.6 Å². The topological polar surface area (TPSA) is 52.6 Å². The standard InChI is InChI=1S/C14H23ClO4/c1-5-18-12(16)11(13(17)19-6-2)10-14(3,4)8-7-9-15/h10H,5-9H2,1-4H3. The maximum absolute atomic E-state index is 11.8. The van der Waals surface area contributed by atoms with Crippen LogP contribution in [0.3, 0.4) is 0 Å². The first-order valence-corrected chi connectivity index (χ1v) is 7.04. The molecule has 110 valence electrons. The van der Waals surface area contributed by atoms with Gasteiger partial charge in [-0.15, -0.1) is 11.6 Å². The van der Waals surface area contributed by atoms with Crippen molar-refractivity contribution in [1.29, 1.82) is 0 Å². The molecule has 19 heavy (non-hydrogen) atoms. The normalized spacial score (nSPS) is 10.8. The number of halogens is 1. The fraction of sp³-hybridized carbons (Fsp3) is 0.714. The van der Waals surface area contributed by atoms with Crippen molar-refractivity contribution < 1.29 is 19.1 Å². The van der Waals surface area contributed by atoms with Gasteiger partial charge in [-0.25, -0.2) is 9.59 Å². The number of alkyl halides is 1. The van der Waals surface area contributed by atoms with Gasteiger partial charge in [0, 0.05) is 5.88 Å². The van der Waals surface area contributed by atoms with E-state index in [1.165, 1.54) is 0 Å². The highest BCUT2D eigenvalue weighted by Gasteiger charge is 2.25. The highest BCUT2D eigenvalue weighted by Crippen LogP contribution is 2.26. The van der Waals surface area contributed by atoms with E-state index in [1.54, 1.807) is 19.9 Å². The molecule has 0 aromatic heterocycles. The highest BCUT2D eigenvalue weighted by atomic mass is 35.5. The summed E-state index contributed by atoms with van der Waals surface area (Å²) >= 11 is 5.66. The van der Waals surface area contributed by atoms with Gasteiger partial charge in [-0.1, -0.05) is 19.9 Å². The van der Waals surface area contributed by atoms with E-state index in [4.69, 9.17) is 21.1 Å². The largest absolute Gasteiger partial charge is 0.462 e. The molecule has 0 amide bonds. The van der Waals surface area contributed by atoms with E-state index in [2.05, 4.69) is 0 Å². The van der Waals surface area contributed by atoms with Crippen molar-refractivity contribution in [1.82, 2.24) is 0 Å². The number of hydrogen-bond acceptors (Lipinski definition) is 4. The summed E-state index contributed by atoms with van der Waals surface area (Å²) in [4.78, 5) is 23.6. The van der Waals surface area contributed by atoms with Crippen molar-refractivity contribution >= 4 is 23.5 Å². The second kappa shape index (κ2) is 8.97.